The van der Waals surface area contributed by atoms with Crippen LogP contribution in [0, 0.1) is 0 Å². The maximum atomic E-state index is 11.0. The maximum absolute atomic E-state index is 11.0. The third-order valence-electron chi connectivity index (χ3n) is 4.88. The number of methoxy groups -OCH3 is 2. The lowest BCUT2D eigenvalue weighted by atomic mass is 10.0. The summed E-state index contributed by atoms with van der Waals surface area (Å²) in [6.07, 6.45) is 15.9. The third-order valence-corrected chi connectivity index (χ3v) is 4.88. The zero-order chi connectivity index (χ0) is 18.3. The Bertz CT molecular complexity index is 335. The summed E-state index contributed by atoms with van der Waals surface area (Å²) in [5, 5.41) is 0. The molecule has 1 saturated heterocycles. The Kier molecular flexibility index (Phi) is 12.4. The first kappa shape index (κ1) is 21.9. The normalized spacial score (nSPS) is 18.8. The van der Waals surface area contributed by atoms with Gasteiger partial charge in [-0.1, -0.05) is 51.4 Å². The second kappa shape index (κ2) is 14.1. The molecule has 146 valence electrons. The Morgan fingerprint density at radius 3 is 1.40 bits per heavy atom. The van der Waals surface area contributed by atoms with Gasteiger partial charge in [0.1, 0.15) is 0 Å². The van der Waals surface area contributed by atoms with E-state index in [9.17, 15) is 9.59 Å². The summed E-state index contributed by atoms with van der Waals surface area (Å²) >= 11 is 0. The van der Waals surface area contributed by atoms with Crippen LogP contribution in [0.3, 0.4) is 0 Å². The van der Waals surface area contributed by atoms with Crippen molar-refractivity contribution in [1.82, 2.24) is 0 Å². The van der Waals surface area contributed by atoms with Crippen molar-refractivity contribution >= 4 is 11.9 Å². The molecule has 0 amide bonds. The van der Waals surface area contributed by atoms with Crippen LogP contribution in [0.25, 0.3) is 0 Å². The molecule has 1 heterocycles. The molecule has 0 N–H and O–H groups in total. The van der Waals surface area contributed by atoms with Crippen molar-refractivity contribution in [3.63, 3.8) is 0 Å². The molecule has 0 radical (unpaired) electrons. The van der Waals surface area contributed by atoms with E-state index in [1.54, 1.807) is 0 Å². The minimum absolute atomic E-state index is 0.0994. The highest BCUT2D eigenvalue weighted by Crippen LogP contribution is 2.31. The van der Waals surface area contributed by atoms with Gasteiger partial charge < -0.3 is 14.2 Å². The molecule has 25 heavy (non-hydrogen) atoms. The molecular formula is C20H36O5. The van der Waals surface area contributed by atoms with E-state index < -0.39 is 0 Å². The molecule has 0 aromatic rings. The Hall–Kier alpha value is -1.10. The van der Waals surface area contributed by atoms with Gasteiger partial charge in [0.25, 0.3) is 0 Å². The van der Waals surface area contributed by atoms with Gasteiger partial charge in [-0.3, -0.25) is 9.59 Å². The third kappa shape index (κ3) is 12.0. The van der Waals surface area contributed by atoms with E-state index in [0.29, 0.717) is 25.0 Å². The van der Waals surface area contributed by atoms with Gasteiger partial charge in [-0.25, -0.2) is 0 Å². The molecule has 0 spiro atoms. The number of hydrogen-bond donors (Lipinski definition) is 0. The van der Waals surface area contributed by atoms with E-state index >= 15 is 0 Å². The number of ether oxygens (including phenoxy) is 3. The van der Waals surface area contributed by atoms with E-state index in [1.807, 2.05) is 0 Å². The van der Waals surface area contributed by atoms with Crippen LogP contribution in [-0.2, 0) is 23.8 Å². The van der Waals surface area contributed by atoms with Gasteiger partial charge in [-0.15, -0.1) is 0 Å². The van der Waals surface area contributed by atoms with Gasteiger partial charge in [-0.05, 0) is 25.7 Å². The number of carbonyl (C=O) groups is 2. The van der Waals surface area contributed by atoms with Gasteiger partial charge in [-0.2, -0.15) is 0 Å². The SMILES string of the molecule is COC(=O)CCCCCCCC1OC1CCCCCCCC(=O)OC. The summed E-state index contributed by atoms with van der Waals surface area (Å²) in [6, 6.07) is 0. The number of carbonyl (C=O) groups excluding carboxylic acids is 2. The molecule has 1 rings (SSSR count). The Balaban J connectivity index is 1.78. The lowest BCUT2D eigenvalue weighted by Crippen LogP contribution is -1.99. The molecule has 1 aliphatic rings. The molecule has 0 aliphatic carbocycles. The minimum Gasteiger partial charge on any atom is -0.469 e. The molecule has 0 aromatic carbocycles. The van der Waals surface area contributed by atoms with Crippen LogP contribution in [0.5, 0.6) is 0 Å². The summed E-state index contributed by atoms with van der Waals surface area (Å²) in [5.41, 5.74) is 0. The van der Waals surface area contributed by atoms with Crippen molar-refractivity contribution in [3.8, 4) is 0 Å². The van der Waals surface area contributed by atoms with Crippen molar-refractivity contribution in [2.45, 2.75) is 102 Å². The molecule has 2 atom stereocenters. The van der Waals surface area contributed by atoms with Crippen LogP contribution in [0.15, 0.2) is 0 Å². The number of hydrogen-bond acceptors (Lipinski definition) is 5. The summed E-state index contributed by atoms with van der Waals surface area (Å²) in [6.45, 7) is 0. The zero-order valence-corrected chi connectivity index (χ0v) is 16.1. The highest BCUT2D eigenvalue weighted by atomic mass is 16.6. The van der Waals surface area contributed by atoms with Crippen LogP contribution in [-0.4, -0.2) is 38.4 Å². The van der Waals surface area contributed by atoms with Crippen molar-refractivity contribution < 1.29 is 23.8 Å². The van der Waals surface area contributed by atoms with Crippen LogP contribution in [0.4, 0.5) is 0 Å². The van der Waals surface area contributed by atoms with Crippen molar-refractivity contribution in [2.24, 2.45) is 0 Å². The average Bonchev–Trinajstić information content (AvgIpc) is 3.37. The number of unbranched alkanes of at least 4 members (excludes halogenated alkanes) is 8. The molecule has 5 heteroatoms. The highest BCUT2D eigenvalue weighted by molar-refractivity contribution is 5.69. The Labute approximate surface area is 152 Å². The summed E-state index contributed by atoms with van der Waals surface area (Å²) < 4.78 is 15.0. The summed E-state index contributed by atoms with van der Waals surface area (Å²) in [5.74, 6) is -0.199. The van der Waals surface area contributed by atoms with E-state index in [0.717, 1.165) is 25.7 Å². The van der Waals surface area contributed by atoms with Crippen LogP contribution in [0.1, 0.15) is 89.9 Å². The monoisotopic (exact) mass is 356 g/mol. The molecule has 0 saturated carbocycles. The van der Waals surface area contributed by atoms with E-state index in [1.165, 1.54) is 65.6 Å². The first-order valence-corrected chi connectivity index (χ1v) is 9.96. The van der Waals surface area contributed by atoms with E-state index in [-0.39, 0.29) is 11.9 Å². The topological polar surface area (TPSA) is 65.1 Å². The van der Waals surface area contributed by atoms with Crippen molar-refractivity contribution in [1.29, 1.82) is 0 Å². The lowest BCUT2D eigenvalue weighted by molar-refractivity contribution is -0.141. The molecule has 1 aliphatic heterocycles. The maximum Gasteiger partial charge on any atom is 0.305 e. The highest BCUT2D eigenvalue weighted by Gasteiger charge is 2.36. The first-order chi connectivity index (χ1) is 12.2. The van der Waals surface area contributed by atoms with Crippen LogP contribution in [0.2, 0.25) is 0 Å². The second-order valence-corrected chi connectivity index (χ2v) is 6.98. The predicted molar refractivity (Wildman–Crippen MR) is 97.3 cm³/mol. The fourth-order valence-electron chi connectivity index (χ4n) is 3.18. The smallest absolute Gasteiger partial charge is 0.305 e. The molecule has 5 nitrogen and oxygen atoms in total. The van der Waals surface area contributed by atoms with E-state index in [2.05, 4.69) is 9.47 Å². The summed E-state index contributed by atoms with van der Waals surface area (Å²) in [4.78, 5) is 22.0. The largest absolute Gasteiger partial charge is 0.469 e. The lowest BCUT2D eigenvalue weighted by Gasteiger charge is -2.01. The molecule has 2 unspecified atom stereocenters. The standard InChI is InChI=1S/C20H36O5/c1-23-19(21)15-11-7-3-5-9-13-17-18(25-17)14-10-6-4-8-12-16-20(22)24-2/h17-18H,3-16H2,1-2H3. The minimum atomic E-state index is -0.0994. The fourth-order valence-corrected chi connectivity index (χ4v) is 3.18. The van der Waals surface area contributed by atoms with Gasteiger partial charge >= 0.3 is 11.9 Å². The van der Waals surface area contributed by atoms with E-state index in [4.69, 9.17) is 4.74 Å². The molecule has 0 bridgehead atoms. The second-order valence-electron chi connectivity index (χ2n) is 6.98. The number of esters is 2. The average molecular weight is 357 g/mol. The van der Waals surface area contributed by atoms with Gasteiger partial charge in [0.2, 0.25) is 0 Å². The molecule has 1 fully saturated rings. The van der Waals surface area contributed by atoms with Crippen LogP contribution < -0.4 is 0 Å². The predicted octanol–water partition coefficient (Wildman–Crippen LogP) is 4.56. The van der Waals surface area contributed by atoms with Crippen molar-refractivity contribution in [3.05, 3.63) is 0 Å². The van der Waals surface area contributed by atoms with Crippen LogP contribution >= 0.6 is 0 Å². The first-order valence-electron chi connectivity index (χ1n) is 9.96. The fraction of sp³-hybridized carbons (Fsp3) is 0.900. The van der Waals surface area contributed by atoms with Crippen molar-refractivity contribution in [2.75, 3.05) is 14.2 Å². The van der Waals surface area contributed by atoms with Gasteiger partial charge in [0, 0.05) is 12.8 Å². The van der Waals surface area contributed by atoms with Gasteiger partial charge in [0.05, 0.1) is 26.4 Å². The number of rotatable bonds is 16. The molecule has 0 aromatic heterocycles. The van der Waals surface area contributed by atoms with Gasteiger partial charge in [0.15, 0.2) is 0 Å². The quantitative estimate of drug-likeness (QED) is 0.230. The number of epoxide rings is 1. The Morgan fingerprint density at radius 2 is 1.00 bits per heavy atom. The zero-order valence-electron chi connectivity index (χ0n) is 16.1. The Morgan fingerprint density at radius 1 is 0.640 bits per heavy atom. The summed E-state index contributed by atoms with van der Waals surface area (Å²) in [7, 11) is 2.89. The molecular weight excluding hydrogens is 320 g/mol.